The second-order valence-electron chi connectivity index (χ2n) is 3.65. The number of hydrogen-bond acceptors (Lipinski definition) is 4. The number of hydrogen-bond donors (Lipinski definition) is 0. The van der Waals surface area contributed by atoms with E-state index in [1.165, 1.54) is 7.11 Å². The Morgan fingerprint density at radius 1 is 1.47 bits per heavy atom. The van der Waals surface area contributed by atoms with E-state index in [1.54, 1.807) is 23.1 Å². The maximum absolute atomic E-state index is 11.7. The fourth-order valence-electron chi connectivity index (χ4n) is 1.76. The van der Waals surface area contributed by atoms with Crippen LogP contribution in [0.5, 0.6) is 5.75 Å². The van der Waals surface area contributed by atoms with E-state index in [-0.39, 0.29) is 12.5 Å². The summed E-state index contributed by atoms with van der Waals surface area (Å²) in [5.74, 6) is 0.415. The lowest BCUT2D eigenvalue weighted by molar-refractivity contribution is -0.125. The average molecular weight is 235 g/mol. The molecule has 0 saturated carbocycles. The summed E-state index contributed by atoms with van der Waals surface area (Å²) in [4.78, 5) is 24.0. The molecule has 0 spiro atoms. The Balaban J connectivity index is 2.36. The second-order valence-corrected chi connectivity index (χ2v) is 3.65. The number of carbonyl (C=O) groups is 2. The second kappa shape index (κ2) is 4.97. The van der Waals surface area contributed by atoms with Crippen molar-refractivity contribution in [2.45, 2.75) is 0 Å². The zero-order valence-corrected chi connectivity index (χ0v) is 9.51. The molecule has 0 unspecified atom stereocenters. The van der Waals surface area contributed by atoms with Crippen LogP contribution in [0.3, 0.4) is 0 Å². The monoisotopic (exact) mass is 235 g/mol. The van der Waals surface area contributed by atoms with Crippen molar-refractivity contribution in [2.24, 2.45) is 0 Å². The molecule has 1 aliphatic rings. The van der Waals surface area contributed by atoms with Crippen molar-refractivity contribution in [1.82, 2.24) is 0 Å². The van der Waals surface area contributed by atoms with Crippen LogP contribution in [0.1, 0.15) is 10.4 Å². The SMILES string of the molecule is COc1cc(C=O)ccc1N1CCOCC1=O. The van der Waals surface area contributed by atoms with Gasteiger partial charge in [-0.25, -0.2) is 0 Å². The van der Waals surface area contributed by atoms with Gasteiger partial charge in [0.15, 0.2) is 0 Å². The highest BCUT2D eigenvalue weighted by Crippen LogP contribution is 2.29. The van der Waals surface area contributed by atoms with Crippen LogP contribution in [0.15, 0.2) is 18.2 Å². The molecule has 5 nitrogen and oxygen atoms in total. The van der Waals surface area contributed by atoms with E-state index in [1.807, 2.05) is 0 Å². The molecule has 1 aromatic rings. The highest BCUT2D eigenvalue weighted by molar-refractivity contribution is 5.96. The number of morpholine rings is 1. The maximum Gasteiger partial charge on any atom is 0.253 e. The molecular formula is C12H13NO4. The summed E-state index contributed by atoms with van der Waals surface area (Å²) in [7, 11) is 1.51. The summed E-state index contributed by atoms with van der Waals surface area (Å²) in [6.07, 6.45) is 0.743. The van der Waals surface area contributed by atoms with Gasteiger partial charge in [0.2, 0.25) is 0 Å². The first kappa shape index (κ1) is 11.6. The van der Waals surface area contributed by atoms with Gasteiger partial charge in [0.25, 0.3) is 5.91 Å². The van der Waals surface area contributed by atoms with Gasteiger partial charge in [-0.15, -0.1) is 0 Å². The largest absolute Gasteiger partial charge is 0.495 e. The van der Waals surface area contributed by atoms with Gasteiger partial charge in [-0.3, -0.25) is 9.59 Å². The van der Waals surface area contributed by atoms with Crippen LogP contribution in [0.2, 0.25) is 0 Å². The van der Waals surface area contributed by atoms with E-state index in [0.717, 1.165) is 6.29 Å². The summed E-state index contributed by atoms with van der Waals surface area (Å²) in [5.41, 5.74) is 1.19. The number of aldehydes is 1. The molecule has 0 aliphatic carbocycles. The number of nitrogens with zero attached hydrogens (tertiary/aromatic N) is 1. The maximum atomic E-state index is 11.7. The van der Waals surface area contributed by atoms with Crippen molar-refractivity contribution in [3.8, 4) is 5.75 Å². The number of amides is 1. The van der Waals surface area contributed by atoms with Crippen molar-refractivity contribution in [3.05, 3.63) is 23.8 Å². The van der Waals surface area contributed by atoms with Crippen LogP contribution in [0.25, 0.3) is 0 Å². The molecular weight excluding hydrogens is 222 g/mol. The molecule has 1 aromatic carbocycles. The molecule has 0 N–H and O–H groups in total. The predicted molar refractivity (Wildman–Crippen MR) is 61.6 cm³/mol. The van der Waals surface area contributed by atoms with E-state index in [2.05, 4.69) is 0 Å². The fourth-order valence-corrected chi connectivity index (χ4v) is 1.76. The van der Waals surface area contributed by atoms with Gasteiger partial charge in [0, 0.05) is 12.1 Å². The van der Waals surface area contributed by atoms with E-state index in [4.69, 9.17) is 9.47 Å². The van der Waals surface area contributed by atoms with E-state index in [0.29, 0.717) is 30.2 Å². The van der Waals surface area contributed by atoms with Crippen LogP contribution in [0.4, 0.5) is 5.69 Å². The molecule has 1 fully saturated rings. The topological polar surface area (TPSA) is 55.8 Å². The lowest BCUT2D eigenvalue weighted by Gasteiger charge is -2.28. The molecule has 1 aliphatic heterocycles. The van der Waals surface area contributed by atoms with Gasteiger partial charge in [-0.05, 0) is 18.2 Å². The molecule has 2 rings (SSSR count). The van der Waals surface area contributed by atoms with Crippen LogP contribution in [-0.4, -0.2) is 39.1 Å². The van der Waals surface area contributed by atoms with Crippen molar-refractivity contribution in [1.29, 1.82) is 0 Å². The predicted octanol–water partition coefficient (Wildman–Crippen LogP) is 0.871. The normalized spacial score (nSPS) is 15.8. The molecule has 1 amide bonds. The summed E-state index contributed by atoms with van der Waals surface area (Å²) >= 11 is 0. The van der Waals surface area contributed by atoms with Crippen LogP contribution in [0, 0.1) is 0 Å². The Kier molecular flexibility index (Phi) is 3.39. The van der Waals surface area contributed by atoms with Gasteiger partial charge < -0.3 is 14.4 Å². The molecule has 1 saturated heterocycles. The first-order chi connectivity index (χ1) is 8.26. The number of methoxy groups -OCH3 is 1. The molecule has 1 heterocycles. The quantitative estimate of drug-likeness (QED) is 0.729. The Morgan fingerprint density at radius 3 is 2.94 bits per heavy atom. The number of benzene rings is 1. The number of anilines is 1. The number of ether oxygens (including phenoxy) is 2. The molecule has 0 atom stereocenters. The van der Waals surface area contributed by atoms with Gasteiger partial charge in [-0.2, -0.15) is 0 Å². The van der Waals surface area contributed by atoms with E-state index in [9.17, 15) is 9.59 Å². The lowest BCUT2D eigenvalue weighted by Crippen LogP contribution is -2.41. The Hall–Kier alpha value is -1.88. The highest BCUT2D eigenvalue weighted by atomic mass is 16.5. The minimum absolute atomic E-state index is 0.0819. The van der Waals surface area contributed by atoms with Crippen LogP contribution >= 0.6 is 0 Å². The summed E-state index contributed by atoms with van der Waals surface area (Å²) in [5, 5.41) is 0. The van der Waals surface area contributed by atoms with Gasteiger partial charge in [0.1, 0.15) is 18.6 Å². The number of rotatable bonds is 3. The van der Waals surface area contributed by atoms with Gasteiger partial charge in [0.05, 0.1) is 19.4 Å². The molecule has 0 radical (unpaired) electrons. The van der Waals surface area contributed by atoms with Crippen molar-refractivity contribution < 1.29 is 19.1 Å². The molecule has 0 aromatic heterocycles. The minimum atomic E-state index is -0.103. The highest BCUT2D eigenvalue weighted by Gasteiger charge is 2.22. The minimum Gasteiger partial charge on any atom is -0.495 e. The van der Waals surface area contributed by atoms with Gasteiger partial charge in [-0.1, -0.05) is 0 Å². The molecule has 0 bridgehead atoms. The molecule has 17 heavy (non-hydrogen) atoms. The summed E-state index contributed by atoms with van der Waals surface area (Å²) in [6, 6.07) is 4.99. The molecule has 5 heteroatoms. The van der Waals surface area contributed by atoms with Crippen molar-refractivity contribution >= 4 is 17.9 Å². The van der Waals surface area contributed by atoms with E-state index >= 15 is 0 Å². The first-order valence-electron chi connectivity index (χ1n) is 5.27. The summed E-state index contributed by atoms with van der Waals surface area (Å²) in [6.45, 7) is 1.08. The third-order valence-electron chi connectivity index (χ3n) is 2.62. The fraction of sp³-hybridized carbons (Fsp3) is 0.333. The smallest absolute Gasteiger partial charge is 0.253 e. The Morgan fingerprint density at radius 2 is 2.29 bits per heavy atom. The van der Waals surface area contributed by atoms with Crippen molar-refractivity contribution in [2.75, 3.05) is 31.8 Å². The van der Waals surface area contributed by atoms with Crippen molar-refractivity contribution in [3.63, 3.8) is 0 Å². The standard InChI is InChI=1S/C12H13NO4/c1-16-11-6-9(7-14)2-3-10(11)13-4-5-17-8-12(13)15/h2-3,6-7H,4-5,8H2,1H3. The lowest BCUT2D eigenvalue weighted by atomic mass is 10.2. The number of carbonyl (C=O) groups excluding carboxylic acids is 2. The third-order valence-corrected chi connectivity index (χ3v) is 2.62. The Bertz CT molecular complexity index is 444. The van der Waals surface area contributed by atoms with Crippen LogP contribution < -0.4 is 9.64 Å². The average Bonchev–Trinajstić information content (AvgIpc) is 2.38. The zero-order chi connectivity index (χ0) is 12.3. The first-order valence-corrected chi connectivity index (χ1v) is 5.27. The van der Waals surface area contributed by atoms with E-state index < -0.39 is 0 Å². The zero-order valence-electron chi connectivity index (χ0n) is 9.51. The summed E-state index contributed by atoms with van der Waals surface area (Å²) < 4.78 is 10.3. The Labute approximate surface area is 98.9 Å². The molecule has 90 valence electrons. The van der Waals surface area contributed by atoms with Gasteiger partial charge >= 0.3 is 0 Å². The van der Waals surface area contributed by atoms with Crippen LogP contribution in [-0.2, 0) is 9.53 Å². The third kappa shape index (κ3) is 2.29.